The smallest absolute Gasteiger partial charge is 0.407 e. The predicted octanol–water partition coefficient (Wildman–Crippen LogP) is 1.45. The number of aliphatic hydroxyl groups is 1. The van der Waals surface area contributed by atoms with Crippen LogP contribution in [0, 0.1) is 0 Å². The van der Waals surface area contributed by atoms with E-state index in [0.29, 0.717) is 18.5 Å². The molecule has 0 spiro atoms. The maximum atomic E-state index is 11.1. The normalized spacial score (nSPS) is 10.9. The molecular weight excluding hydrogens is 182 g/mol. The molecule has 0 heterocycles. The Morgan fingerprint density at radius 1 is 1.50 bits per heavy atom. The van der Waals surface area contributed by atoms with E-state index in [4.69, 9.17) is 9.84 Å². The SMILES string of the molecule is C=C(CO)CCNC(=O)OC(C)(C)C. The maximum absolute atomic E-state index is 11.1. The Morgan fingerprint density at radius 2 is 2.07 bits per heavy atom. The summed E-state index contributed by atoms with van der Waals surface area (Å²) in [5.41, 5.74) is 0.221. The fourth-order valence-corrected chi connectivity index (χ4v) is 0.735. The summed E-state index contributed by atoms with van der Waals surface area (Å²) in [5.74, 6) is 0. The van der Waals surface area contributed by atoms with E-state index in [-0.39, 0.29) is 6.61 Å². The minimum absolute atomic E-state index is 0.0456. The van der Waals surface area contributed by atoms with Gasteiger partial charge in [-0.15, -0.1) is 0 Å². The van der Waals surface area contributed by atoms with Gasteiger partial charge in [-0.3, -0.25) is 0 Å². The van der Waals surface area contributed by atoms with Crippen molar-refractivity contribution in [3.63, 3.8) is 0 Å². The molecule has 0 aliphatic heterocycles. The summed E-state index contributed by atoms with van der Waals surface area (Å²) in [6.45, 7) is 9.41. The Labute approximate surface area is 85.0 Å². The molecule has 0 aromatic rings. The Balaban J connectivity index is 3.60. The Hall–Kier alpha value is -1.03. The van der Waals surface area contributed by atoms with Crippen molar-refractivity contribution >= 4 is 6.09 Å². The highest BCUT2D eigenvalue weighted by molar-refractivity contribution is 5.67. The summed E-state index contributed by atoms with van der Waals surface area (Å²) in [4.78, 5) is 11.1. The summed E-state index contributed by atoms with van der Waals surface area (Å²) in [6, 6.07) is 0. The van der Waals surface area contributed by atoms with Gasteiger partial charge < -0.3 is 15.2 Å². The van der Waals surface area contributed by atoms with Crippen molar-refractivity contribution in [2.45, 2.75) is 32.8 Å². The number of alkyl carbamates (subject to hydrolysis) is 1. The first-order valence-corrected chi connectivity index (χ1v) is 4.59. The van der Waals surface area contributed by atoms with Crippen LogP contribution in [-0.2, 0) is 4.74 Å². The van der Waals surface area contributed by atoms with Gasteiger partial charge in [-0.05, 0) is 27.2 Å². The van der Waals surface area contributed by atoms with Crippen LogP contribution in [-0.4, -0.2) is 30.0 Å². The minimum Gasteiger partial charge on any atom is -0.444 e. The summed E-state index contributed by atoms with van der Waals surface area (Å²) in [5, 5.41) is 11.2. The molecule has 0 fully saturated rings. The molecule has 0 saturated carbocycles. The first-order valence-electron chi connectivity index (χ1n) is 4.59. The van der Waals surface area contributed by atoms with E-state index >= 15 is 0 Å². The van der Waals surface area contributed by atoms with Crippen molar-refractivity contribution in [2.24, 2.45) is 0 Å². The fourth-order valence-electron chi connectivity index (χ4n) is 0.735. The average molecular weight is 201 g/mol. The quantitative estimate of drug-likeness (QED) is 0.677. The van der Waals surface area contributed by atoms with Crippen LogP contribution >= 0.6 is 0 Å². The highest BCUT2D eigenvalue weighted by Crippen LogP contribution is 2.06. The molecule has 0 unspecified atom stereocenters. The molecule has 0 saturated heterocycles. The number of amides is 1. The molecule has 0 atom stereocenters. The molecule has 0 aromatic carbocycles. The minimum atomic E-state index is -0.474. The summed E-state index contributed by atoms with van der Waals surface area (Å²) in [6.07, 6.45) is 0.124. The lowest BCUT2D eigenvalue weighted by atomic mass is 10.2. The van der Waals surface area contributed by atoms with Crippen LogP contribution in [0.4, 0.5) is 4.79 Å². The molecule has 0 aromatic heterocycles. The van der Waals surface area contributed by atoms with E-state index in [1.807, 2.05) is 0 Å². The van der Waals surface area contributed by atoms with Crippen molar-refractivity contribution < 1.29 is 14.6 Å². The monoisotopic (exact) mass is 201 g/mol. The second-order valence-corrected chi connectivity index (χ2v) is 4.09. The molecular formula is C10H19NO3. The van der Waals surface area contributed by atoms with Crippen LogP contribution in [0.25, 0.3) is 0 Å². The molecule has 4 heteroatoms. The number of hydrogen-bond acceptors (Lipinski definition) is 3. The lowest BCUT2D eigenvalue weighted by molar-refractivity contribution is 0.0528. The van der Waals surface area contributed by atoms with Crippen LogP contribution in [0.2, 0.25) is 0 Å². The van der Waals surface area contributed by atoms with Gasteiger partial charge in [0.25, 0.3) is 0 Å². The molecule has 0 aliphatic carbocycles. The molecule has 82 valence electrons. The number of hydrogen-bond donors (Lipinski definition) is 2. The van der Waals surface area contributed by atoms with Gasteiger partial charge in [-0.1, -0.05) is 12.2 Å². The highest BCUT2D eigenvalue weighted by Gasteiger charge is 2.15. The van der Waals surface area contributed by atoms with Gasteiger partial charge in [0, 0.05) is 6.54 Å². The molecule has 1 amide bonds. The molecule has 0 bridgehead atoms. The third-order valence-corrected chi connectivity index (χ3v) is 1.37. The number of rotatable bonds is 4. The number of carbonyl (C=O) groups is 1. The third kappa shape index (κ3) is 7.61. The lowest BCUT2D eigenvalue weighted by Crippen LogP contribution is -2.33. The molecule has 4 nitrogen and oxygen atoms in total. The van der Waals surface area contributed by atoms with Crippen molar-refractivity contribution in [2.75, 3.05) is 13.2 Å². The second kappa shape index (κ2) is 5.65. The lowest BCUT2D eigenvalue weighted by Gasteiger charge is -2.19. The van der Waals surface area contributed by atoms with Crippen molar-refractivity contribution in [1.82, 2.24) is 5.32 Å². The van der Waals surface area contributed by atoms with Gasteiger partial charge in [0.1, 0.15) is 5.60 Å². The van der Waals surface area contributed by atoms with E-state index in [0.717, 1.165) is 0 Å². The van der Waals surface area contributed by atoms with E-state index in [1.165, 1.54) is 0 Å². The summed E-state index contributed by atoms with van der Waals surface area (Å²) < 4.78 is 5.01. The fraction of sp³-hybridized carbons (Fsp3) is 0.700. The van der Waals surface area contributed by atoms with Gasteiger partial charge in [0.15, 0.2) is 0 Å². The van der Waals surface area contributed by atoms with E-state index in [1.54, 1.807) is 20.8 Å². The number of ether oxygens (including phenoxy) is 1. The average Bonchev–Trinajstić information content (AvgIpc) is 2.00. The molecule has 14 heavy (non-hydrogen) atoms. The number of nitrogens with one attached hydrogen (secondary N) is 1. The highest BCUT2D eigenvalue weighted by atomic mass is 16.6. The first-order chi connectivity index (χ1) is 6.35. The first kappa shape index (κ1) is 13.0. The largest absolute Gasteiger partial charge is 0.444 e. The van der Waals surface area contributed by atoms with Gasteiger partial charge in [0.2, 0.25) is 0 Å². The topological polar surface area (TPSA) is 58.6 Å². The zero-order chi connectivity index (χ0) is 11.2. The van der Waals surface area contributed by atoms with Crippen LogP contribution in [0.3, 0.4) is 0 Å². The van der Waals surface area contributed by atoms with Crippen molar-refractivity contribution in [3.8, 4) is 0 Å². The van der Waals surface area contributed by atoms with E-state index < -0.39 is 11.7 Å². The van der Waals surface area contributed by atoms with Crippen LogP contribution in [0.1, 0.15) is 27.2 Å². The zero-order valence-corrected chi connectivity index (χ0v) is 9.09. The Morgan fingerprint density at radius 3 is 2.50 bits per heavy atom. The second-order valence-electron chi connectivity index (χ2n) is 4.09. The Bertz CT molecular complexity index is 206. The summed E-state index contributed by atoms with van der Waals surface area (Å²) >= 11 is 0. The molecule has 0 rings (SSSR count). The number of aliphatic hydroxyl groups excluding tert-OH is 1. The van der Waals surface area contributed by atoms with Gasteiger partial charge in [-0.2, -0.15) is 0 Å². The van der Waals surface area contributed by atoms with Gasteiger partial charge >= 0.3 is 6.09 Å². The van der Waals surface area contributed by atoms with Crippen LogP contribution < -0.4 is 5.32 Å². The van der Waals surface area contributed by atoms with E-state index in [2.05, 4.69) is 11.9 Å². The predicted molar refractivity (Wildman–Crippen MR) is 55.1 cm³/mol. The standard InChI is InChI=1S/C10H19NO3/c1-8(7-12)5-6-11-9(13)14-10(2,3)4/h12H,1,5-7H2,2-4H3,(H,11,13). The maximum Gasteiger partial charge on any atom is 0.407 e. The van der Waals surface area contributed by atoms with Crippen molar-refractivity contribution in [1.29, 1.82) is 0 Å². The summed E-state index contributed by atoms with van der Waals surface area (Å²) in [7, 11) is 0. The number of carbonyl (C=O) groups excluding carboxylic acids is 1. The molecule has 0 radical (unpaired) electrons. The van der Waals surface area contributed by atoms with Crippen molar-refractivity contribution in [3.05, 3.63) is 12.2 Å². The molecule has 2 N–H and O–H groups in total. The van der Waals surface area contributed by atoms with Crippen LogP contribution in [0.5, 0.6) is 0 Å². The van der Waals surface area contributed by atoms with Crippen LogP contribution in [0.15, 0.2) is 12.2 Å². The molecule has 0 aliphatic rings. The van der Waals surface area contributed by atoms with E-state index in [9.17, 15) is 4.79 Å². The van der Waals surface area contributed by atoms with Gasteiger partial charge in [-0.25, -0.2) is 4.79 Å². The zero-order valence-electron chi connectivity index (χ0n) is 9.09. The third-order valence-electron chi connectivity index (χ3n) is 1.37. The Kier molecular flexibility index (Phi) is 5.23. The van der Waals surface area contributed by atoms with Gasteiger partial charge in [0.05, 0.1) is 6.61 Å².